The summed E-state index contributed by atoms with van der Waals surface area (Å²) in [5, 5.41) is 0. The highest BCUT2D eigenvalue weighted by molar-refractivity contribution is 5.22. The second kappa shape index (κ2) is 7.08. The van der Waals surface area contributed by atoms with Crippen molar-refractivity contribution in [1.82, 2.24) is 0 Å². The quantitative estimate of drug-likeness (QED) is 0.758. The Balaban J connectivity index is 1.75. The van der Waals surface area contributed by atoms with Crippen LogP contribution in [0.2, 0.25) is 0 Å². The lowest BCUT2D eigenvalue weighted by Crippen LogP contribution is -2.27. The van der Waals surface area contributed by atoms with Crippen LogP contribution >= 0.6 is 0 Å². The van der Waals surface area contributed by atoms with Crippen LogP contribution in [0.1, 0.15) is 43.2 Å². The molecule has 116 valence electrons. The van der Waals surface area contributed by atoms with E-state index in [2.05, 4.69) is 61.5 Å². The van der Waals surface area contributed by atoms with Crippen LogP contribution in [0.5, 0.6) is 0 Å². The molecule has 0 aliphatic carbocycles. The molecule has 2 nitrogen and oxygen atoms in total. The van der Waals surface area contributed by atoms with Gasteiger partial charge >= 0.3 is 0 Å². The van der Waals surface area contributed by atoms with Crippen molar-refractivity contribution in [3.63, 3.8) is 0 Å². The first-order chi connectivity index (χ1) is 10.8. The normalized spacial score (nSPS) is 18.2. The summed E-state index contributed by atoms with van der Waals surface area (Å²) >= 11 is 0. The van der Waals surface area contributed by atoms with Crippen molar-refractivity contribution in [2.75, 3.05) is 13.2 Å². The molecule has 0 saturated carbocycles. The number of hydrogen-bond acceptors (Lipinski definition) is 2. The van der Waals surface area contributed by atoms with Crippen LogP contribution in [0.4, 0.5) is 0 Å². The first-order valence-electron chi connectivity index (χ1n) is 8.22. The van der Waals surface area contributed by atoms with Gasteiger partial charge in [-0.2, -0.15) is 0 Å². The lowest BCUT2D eigenvalue weighted by atomic mass is 9.88. The van der Waals surface area contributed by atoms with Crippen molar-refractivity contribution in [2.24, 2.45) is 0 Å². The molecule has 2 aromatic rings. The minimum Gasteiger partial charge on any atom is -0.343 e. The molecule has 1 aliphatic heterocycles. The van der Waals surface area contributed by atoms with E-state index >= 15 is 0 Å². The predicted molar refractivity (Wildman–Crippen MR) is 88.7 cm³/mol. The van der Waals surface area contributed by atoms with E-state index in [1.54, 1.807) is 0 Å². The molecule has 0 N–H and O–H groups in total. The van der Waals surface area contributed by atoms with Crippen LogP contribution in [0.3, 0.4) is 0 Å². The average molecular weight is 296 g/mol. The summed E-state index contributed by atoms with van der Waals surface area (Å²) in [4.78, 5) is 0. The Kier molecular flexibility index (Phi) is 4.91. The Morgan fingerprint density at radius 3 is 2.09 bits per heavy atom. The molecule has 1 saturated heterocycles. The van der Waals surface area contributed by atoms with E-state index in [1.807, 2.05) is 6.07 Å². The maximum atomic E-state index is 6.04. The van der Waals surface area contributed by atoms with E-state index in [4.69, 9.17) is 9.47 Å². The van der Waals surface area contributed by atoms with Crippen molar-refractivity contribution in [1.29, 1.82) is 0 Å². The van der Waals surface area contributed by atoms with Gasteiger partial charge < -0.3 is 9.47 Å². The predicted octanol–water partition coefficient (Wildman–Crippen LogP) is 4.86. The summed E-state index contributed by atoms with van der Waals surface area (Å²) in [6, 6.07) is 21.1. The van der Waals surface area contributed by atoms with E-state index in [1.165, 1.54) is 5.56 Å². The maximum absolute atomic E-state index is 6.04. The third kappa shape index (κ3) is 3.23. The molecule has 2 heteroatoms. The van der Waals surface area contributed by atoms with E-state index in [-0.39, 0.29) is 0 Å². The number of hydrogen-bond donors (Lipinski definition) is 0. The lowest BCUT2D eigenvalue weighted by Gasteiger charge is -2.29. The summed E-state index contributed by atoms with van der Waals surface area (Å²) in [5.41, 5.74) is 2.54. The van der Waals surface area contributed by atoms with E-state index in [0.717, 1.165) is 24.8 Å². The molecule has 0 spiro atoms. The maximum Gasteiger partial charge on any atom is 0.195 e. The summed E-state index contributed by atoms with van der Waals surface area (Å²) < 4.78 is 12.1. The first-order valence-corrected chi connectivity index (χ1v) is 8.22. The van der Waals surface area contributed by atoms with Gasteiger partial charge in [0, 0.05) is 12.0 Å². The standard InChI is InChI=1S/C20H24O2/c1-2-17(18-9-5-3-6-10-18)13-14-20(21-15-16-22-20)19-11-7-4-8-12-19/h3-12,17H,2,13-16H2,1H3. The Morgan fingerprint density at radius 1 is 0.909 bits per heavy atom. The van der Waals surface area contributed by atoms with Gasteiger partial charge in [0.25, 0.3) is 0 Å². The molecule has 2 aromatic carbocycles. The van der Waals surface area contributed by atoms with Gasteiger partial charge in [0.2, 0.25) is 0 Å². The molecule has 22 heavy (non-hydrogen) atoms. The molecule has 0 aromatic heterocycles. The van der Waals surface area contributed by atoms with Gasteiger partial charge in [-0.3, -0.25) is 0 Å². The van der Waals surface area contributed by atoms with Gasteiger partial charge in [0.05, 0.1) is 13.2 Å². The Morgan fingerprint density at radius 2 is 1.50 bits per heavy atom. The Bertz CT molecular complexity index is 559. The van der Waals surface area contributed by atoms with Gasteiger partial charge in [-0.05, 0) is 24.3 Å². The van der Waals surface area contributed by atoms with Crippen LogP contribution in [0.15, 0.2) is 60.7 Å². The highest BCUT2D eigenvalue weighted by Crippen LogP contribution is 2.39. The zero-order chi connectivity index (χ0) is 15.3. The van der Waals surface area contributed by atoms with Crippen LogP contribution < -0.4 is 0 Å². The van der Waals surface area contributed by atoms with Gasteiger partial charge in [-0.1, -0.05) is 67.6 Å². The van der Waals surface area contributed by atoms with Crippen molar-refractivity contribution in [3.8, 4) is 0 Å². The zero-order valence-corrected chi connectivity index (χ0v) is 13.2. The van der Waals surface area contributed by atoms with Crippen molar-refractivity contribution >= 4 is 0 Å². The van der Waals surface area contributed by atoms with Gasteiger partial charge in [-0.25, -0.2) is 0 Å². The molecule has 1 atom stereocenters. The van der Waals surface area contributed by atoms with E-state index < -0.39 is 5.79 Å². The minimum absolute atomic E-state index is 0.551. The van der Waals surface area contributed by atoms with Crippen LogP contribution in [0.25, 0.3) is 0 Å². The second-order valence-corrected chi connectivity index (χ2v) is 5.87. The fourth-order valence-corrected chi connectivity index (χ4v) is 3.30. The van der Waals surface area contributed by atoms with Gasteiger partial charge in [0.15, 0.2) is 5.79 Å². The summed E-state index contributed by atoms with van der Waals surface area (Å²) in [7, 11) is 0. The number of benzene rings is 2. The summed E-state index contributed by atoms with van der Waals surface area (Å²) in [6.07, 6.45) is 3.09. The molecule has 1 fully saturated rings. The smallest absolute Gasteiger partial charge is 0.195 e. The Labute approximate surface area is 133 Å². The number of rotatable bonds is 6. The third-order valence-electron chi connectivity index (χ3n) is 4.55. The fourth-order valence-electron chi connectivity index (χ4n) is 3.30. The lowest BCUT2D eigenvalue weighted by molar-refractivity contribution is -0.172. The van der Waals surface area contributed by atoms with Crippen molar-refractivity contribution in [2.45, 2.75) is 37.9 Å². The topological polar surface area (TPSA) is 18.5 Å². The monoisotopic (exact) mass is 296 g/mol. The molecule has 0 radical (unpaired) electrons. The van der Waals surface area contributed by atoms with Crippen LogP contribution in [-0.2, 0) is 15.3 Å². The van der Waals surface area contributed by atoms with E-state index in [9.17, 15) is 0 Å². The first kappa shape index (κ1) is 15.3. The molecule has 1 unspecified atom stereocenters. The Hall–Kier alpha value is -1.64. The van der Waals surface area contributed by atoms with Crippen molar-refractivity contribution in [3.05, 3.63) is 71.8 Å². The van der Waals surface area contributed by atoms with Gasteiger partial charge in [0.1, 0.15) is 0 Å². The zero-order valence-electron chi connectivity index (χ0n) is 13.2. The highest BCUT2D eigenvalue weighted by Gasteiger charge is 2.38. The molecule has 0 amide bonds. The second-order valence-electron chi connectivity index (χ2n) is 5.87. The van der Waals surface area contributed by atoms with Crippen LogP contribution in [0, 0.1) is 0 Å². The third-order valence-corrected chi connectivity index (χ3v) is 4.55. The van der Waals surface area contributed by atoms with Crippen LogP contribution in [-0.4, -0.2) is 13.2 Å². The molecule has 1 heterocycles. The van der Waals surface area contributed by atoms with Crippen molar-refractivity contribution < 1.29 is 9.47 Å². The minimum atomic E-state index is -0.552. The number of ether oxygens (including phenoxy) is 2. The summed E-state index contributed by atoms with van der Waals surface area (Å²) in [6.45, 7) is 3.61. The average Bonchev–Trinajstić information content (AvgIpc) is 3.07. The molecular weight excluding hydrogens is 272 g/mol. The SMILES string of the molecule is CCC(CCC1(c2ccccc2)OCCO1)c1ccccc1. The van der Waals surface area contributed by atoms with Gasteiger partial charge in [-0.15, -0.1) is 0 Å². The van der Waals surface area contributed by atoms with E-state index in [0.29, 0.717) is 19.1 Å². The molecular formula is C20H24O2. The largest absolute Gasteiger partial charge is 0.343 e. The highest BCUT2D eigenvalue weighted by atomic mass is 16.7. The molecule has 1 aliphatic rings. The molecule has 3 rings (SSSR count). The molecule has 0 bridgehead atoms. The fraction of sp³-hybridized carbons (Fsp3) is 0.400. The summed E-state index contributed by atoms with van der Waals surface area (Å²) in [5.74, 6) is -0.00158.